The lowest BCUT2D eigenvalue weighted by Gasteiger charge is -2.41. The largest absolute Gasteiger partial charge is 0.385 e. The molecule has 2 fully saturated rings. The van der Waals surface area contributed by atoms with E-state index in [-0.39, 0.29) is 17.4 Å². The molecule has 1 aliphatic carbocycles. The SMILES string of the molecule is COCCC1(NC(=O)C2CC2)CCN(S(=O)(=O)c2cccs2)CC1. The highest BCUT2D eigenvalue weighted by Crippen LogP contribution is 2.34. The number of piperidine rings is 1. The van der Waals surface area contributed by atoms with Gasteiger partial charge >= 0.3 is 0 Å². The van der Waals surface area contributed by atoms with E-state index < -0.39 is 10.0 Å². The van der Waals surface area contributed by atoms with E-state index in [4.69, 9.17) is 4.74 Å². The van der Waals surface area contributed by atoms with Crippen LogP contribution in [0.4, 0.5) is 0 Å². The van der Waals surface area contributed by atoms with Crippen LogP contribution in [0, 0.1) is 5.92 Å². The number of amides is 1. The van der Waals surface area contributed by atoms with Gasteiger partial charge in [-0.1, -0.05) is 6.07 Å². The zero-order chi connectivity index (χ0) is 17.2. The van der Waals surface area contributed by atoms with Gasteiger partial charge in [0.15, 0.2) is 0 Å². The summed E-state index contributed by atoms with van der Waals surface area (Å²) in [6, 6.07) is 3.39. The van der Waals surface area contributed by atoms with Crippen LogP contribution < -0.4 is 5.32 Å². The molecule has 24 heavy (non-hydrogen) atoms. The molecule has 0 unspecified atom stereocenters. The van der Waals surface area contributed by atoms with Crippen LogP contribution in [0.3, 0.4) is 0 Å². The first-order chi connectivity index (χ1) is 11.5. The van der Waals surface area contributed by atoms with E-state index in [0.29, 0.717) is 36.7 Å². The van der Waals surface area contributed by atoms with Gasteiger partial charge in [-0.15, -0.1) is 11.3 Å². The molecule has 1 aliphatic heterocycles. The summed E-state index contributed by atoms with van der Waals surface area (Å²) in [6.07, 6.45) is 3.89. The molecule has 0 spiro atoms. The number of hydrogen-bond acceptors (Lipinski definition) is 5. The van der Waals surface area contributed by atoms with Crippen LogP contribution in [-0.4, -0.2) is 51.0 Å². The Morgan fingerprint density at radius 3 is 2.67 bits per heavy atom. The Labute approximate surface area is 147 Å². The summed E-state index contributed by atoms with van der Waals surface area (Å²) in [5.41, 5.74) is -0.350. The van der Waals surface area contributed by atoms with Crippen LogP contribution in [-0.2, 0) is 19.6 Å². The molecular weight excluding hydrogens is 348 g/mol. The normalized spacial score (nSPS) is 21.5. The van der Waals surface area contributed by atoms with E-state index in [2.05, 4.69) is 5.32 Å². The third kappa shape index (κ3) is 3.82. The number of methoxy groups -OCH3 is 1. The molecule has 134 valence electrons. The minimum Gasteiger partial charge on any atom is -0.385 e. The zero-order valence-electron chi connectivity index (χ0n) is 13.9. The van der Waals surface area contributed by atoms with Crippen molar-refractivity contribution >= 4 is 27.3 Å². The molecule has 3 rings (SSSR count). The minimum absolute atomic E-state index is 0.112. The lowest BCUT2D eigenvalue weighted by molar-refractivity contribution is -0.125. The van der Waals surface area contributed by atoms with Gasteiger partial charge < -0.3 is 10.1 Å². The molecule has 1 saturated carbocycles. The first kappa shape index (κ1) is 17.8. The molecular formula is C16H24N2O4S2. The molecule has 0 bridgehead atoms. The van der Waals surface area contributed by atoms with Gasteiger partial charge in [0.2, 0.25) is 5.91 Å². The van der Waals surface area contributed by atoms with Crippen LogP contribution in [0.25, 0.3) is 0 Å². The maximum atomic E-state index is 12.6. The highest BCUT2D eigenvalue weighted by molar-refractivity contribution is 7.91. The van der Waals surface area contributed by atoms with Crippen molar-refractivity contribution in [1.29, 1.82) is 0 Å². The quantitative estimate of drug-likeness (QED) is 0.792. The fraction of sp³-hybridized carbons (Fsp3) is 0.688. The van der Waals surface area contributed by atoms with Crippen LogP contribution >= 0.6 is 11.3 Å². The van der Waals surface area contributed by atoms with E-state index in [9.17, 15) is 13.2 Å². The summed E-state index contributed by atoms with van der Waals surface area (Å²) in [4.78, 5) is 12.2. The van der Waals surface area contributed by atoms with E-state index in [1.165, 1.54) is 15.6 Å². The van der Waals surface area contributed by atoms with Crippen molar-refractivity contribution in [3.63, 3.8) is 0 Å². The van der Waals surface area contributed by atoms with Crippen molar-refractivity contribution < 1.29 is 17.9 Å². The molecule has 0 radical (unpaired) electrons. The third-order valence-corrected chi connectivity index (χ3v) is 8.16. The summed E-state index contributed by atoms with van der Waals surface area (Å²) in [7, 11) is -1.77. The molecule has 0 aromatic carbocycles. The van der Waals surface area contributed by atoms with Crippen molar-refractivity contribution in [3.8, 4) is 0 Å². The summed E-state index contributed by atoms with van der Waals surface area (Å²) in [6.45, 7) is 1.41. The van der Waals surface area contributed by atoms with Crippen molar-refractivity contribution in [2.45, 2.75) is 41.9 Å². The standard InChI is InChI=1S/C16H24N2O4S2/c1-22-11-8-16(17-15(19)13-4-5-13)6-9-18(10-7-16)24(20,21)14-3-2-12-23-14/h2-3,12-13H,4-11H2,1H3,(H,17,19). The van der Waals surface area contributed by atoms with Crippen molar-refractivity contribution in [1.82, 2.24) is 9.62 Å². The molecule has 0 atom stereocenters. The van der Waals surface area contributed by atoms with E-state index in [0.717, 1.165) is 19.3 Å². The Kier molecular flexibility index (Phi) is 5.29. The lowest BCUT2D eigenvalue weighted by Crippen LogP contribution is -2.56. The zero-order valence-corrected chi connectivity index (χ0v) is 15.5. The van der Waals surface area contributed by atoms with Crippen molar-refractivity contribution in [2.24, 2.45) is 5.92 Å². The van der Waals surface area contributed by atoms with Gasteiger partial charge in [-0.05, 0) is 43.6 Å². The molecule has 1 amide bonds. The summed E-state index contributed by atoms with van der Waals surface area (Å²) in [5.74, 6) is 0.262. The third-order valence-electron chi connectivity index (χ3n) is 4.89. The van der Waals surface area contributed by atoms with Gasteiger partial charge in [0, 0.05) is 38.3 Å². The average molecular weight is 373 g/mol. The molecule has 2 aliphatic rings. The number of carbonyl (C=O) groups is 1. The second-order valence-electron chi connectivity index (χ2n) is 6.62. The Morgan fingerprint density at radius 2 is 2.12 bits per heavy atom. The Morgan fingerprint density at radius 1 is 1.42 bits per heavy atom. The van der Waals surface area contributed by atoms with Gasteiger partial charge in [0.05, 0.1) is 0 Å². The second-order valence-corrected chi connectivity index (χ2v) is 9.74. The number of nitrogens with one attached hydrogen (secondary N) is 1. The van der Waals surface area contributed by atoms with Gasteiger partial charge in [-0.3, -0.25) is 4.79 Å². The average Bonchev–Trinajstić information content (AvgIpc) is 3.27. The Balaban J connectivity index is 1.68. The van der Waals surface area contributed by atoms with E-state index in [1.807, 2.05) is 0 Å². The molecule has 1 saturated heterocycles. The smallest absolute Gasteiger partial charge is 0.252 e. The minimum atomic E-state index is -3.41. The predicted molar refractivity (Wildman–Crippen MR) is 92.4 cm³/mol. The Hall–Kier alpha value is -0.960. The highest BCUT2D eigenvalue weighted by Gasteiger charge is 2.42. The summed E-state index contributed by atoms with van der Waals surface area (Å²) >= 11 is 1.24. The van der Waals surface area contributed by atoms with Gasteiger partial charge in [-0.25, -0.2) is 8.42 Å². The molecule has 1 aromatic heterocycles. The van der Waals surface area contributed by atoms with Crippen molar-refractivity contribution in [2.75, 3.05) is 26.8 Å². The number of thiophene rings is 1. The van der Waals surface area contributed by atoms with Crippen molar-refractivity contribution in [3.05, 3.63) is 17.5 Å². The summed E-state index contributed by atoms with van der Waals surface area (Å²) < 4.78 is 32.4. The first-order valence-electron chi connectivity index (χ1n) is 8.31. The number of carbonyl (C=O) groups excluding carboxylic acids is 1. The van der Waals surface area contributed by atoms with Gasteiger partial charge in [0.1, 0.15) is 4.21 Å². The Bertz CT molecular complexity index is 660. The van der Waals surface area contributed by atoms with Crippen LogP contribution in [0.15, 0.2) is 21.7 Å². The molecule has 8 heteroatoms. The highest BCUT2D eigenvalue weighted by atomic mass is 32.2. The van der Waals surface area contributed by atoms with Gasteiger partial charge in [0.25, 0.3) is 10.0 Å². The number of sulfonamides is 1. The summed E-state index contributed by atoms with van der Waals surface area (Å²) in [5, 5.41) is 4.97. The fourth-order valence-corrected chi connectivity index (χ4v) is 5.72. The fourth-order valence-electron chi connectivity index (χ4n) is 3.14. The number of ether oxygens (including phenoxy) is 1. The van der Waals surface area contributed by atoms with Crippen LogP contribution in [0.5, 0.6) is 0 Å². The number of nitrogens with zero attached hydrogens (tertiary/aromatic N) is 1. The topological polar surface area (TPSA) is 75.7 Å². The molecule has 1 N–H and O–H groups in total. The number of rotatable bonds is 7. The first-order valence-corrected chi connectivity index (χ1v) is 10.6. The monoisotopic (exact) mass is 372 g/mol. The maximum absolute atomic E-state index is 12.6. The molecule has 1 aromatic rings. The molecule has 2 heterocycles. The second kappa shape index (κ2) is 7.11. The van der Waals surface area contributed by atoms with E-state index in [1.54, 1.807) is 24.6 Å². The van der Waals surface area contributed by atoms with Gasteiger partial charge in [-0.2, -0.15) is 4.31 Å². The lowest BCUT2D eigenvalue weighted by atomic mass is 9.85. The maximum Gasteiger partial charge on any atom is 0.252 e. The van der Waals surface area contributed by atoms with E-state index >= 15 is 0 Å². The predicted octanol–water partition coefficient (Wildman–Crippen LogP) is 1.83. The van der Waals surface area contributed by atoms with Crippen LogP contribution in [0.2, 0.25) is 0 Å². The molecule has 6 nitrogen and oxygen atoms in total. The number of hydrogen-bond donors (Lipinski definition) is 1. The van der Waals surface area contributed by atoms with Crippen LogP contribution in [0.1, 0.15) is 32.1 Å².